The Hall–Kier alpha value is -2.28. The molecule has 7 heteroatoms. The van der Waals surface area contributed by atoms with Gasteiger partial charge in [-0.1, -0.05) is 24.3 Å². The molecule has 1 heterocycles. The van der Waals surface area contributed by atoms with Crippen LogP contribution in [0.15, 0.2) is 52.4 Å². The van der Waals surface area contributed by atoms with E-state index in [0.29, 0.717) is 11.8 Å². The molecule has 0 saturated heterocycles. The average molecular weight is 378 g/mol. The minimum atomic E-state index is -4.43. The van der Waals surface area contributed by atoms with Crippen LogP contribution in [0.3, 0.4) is 0 Å². The minimum absolute atomic E-state index is 0.266. The summed E-state index contributed by atoms with van der Waals surface area (Å²) in [5, 5.41) is 3.26. The highest BCUT2D eigenvalue weighted by molar-refractivity contribution is 7.98. The van der Waals surface area contributed by atoms with E-state index in [-0.39, 0.29) is 11.3 Å². The number of rotatable bonds is 5. The molecule has 2 aromatic rings. The van der Waals surface area contributed by atoms with Crippen molar-refractivity contribution in [3.05, 3.63) is 64.7 Å². The molecule has 2 aromatic carbocycles. The normalized spacial score (nSPS) is 14.5. The van der Waals surface area contributed by atoms with Crippen molar-refractivity contribution in [2.45, 2.75) is 23.2 Å². The number of benzene rings is 2. The number of carbonyl (C=O) groups is 1. The minimum Gasteiger partial charge on any atom is -0.370 e. The Morgan fingerprint density at radius 1 is 1.19 bits per heavy atom. The second-order valence-electron chi connectivity index (χ2n) is 5.82. The molecule has 0 fully saturated rings. The molecule has 0 aromatic heterocycles. The van der Waals surface area contributed by atoms with Crippen molar-refractivity contribution < 1.29 is 18.0 Å². The fourth-order valence-electron chi connectivity index (χ4n) is 2.68. The molecule has 0 radical (unpaired) electrons. The summed E-state index contributed by atoms with van der Waals surface area (Å²) >= 11 is 1.40. The standard InChI is InChI=1S/C19H17F3N2OS/c20-19(21,22)15-7-6-13(11-25)14(10-15)12-26-17-5-2-1-4-16(17)18-23-8-3-9-24-18/h1-2,4-7,10-11H,3,8-9,12H2,(H,23,24). The van der Waals surface area contributed by atoms with Crippen LogP contribution in [0.1, 0.15) is 33.5 Å². The third kappa shape index (κ3) is 4.27. The fraction of sp³-hybridized carbons (Fsp3) is 0.263. The molecule has 0 saturated carbocycles. The first-order valence-electron chi connectivity index (χ1n) is 8.15. The Bertz CT molecular complexity index is 834. The van der Waals surface area contributed by atoms with E-state index < -0.39 is 11.7 Å². The van der Waals surface area contributed by atoms with E-state index in [9.17, 15) is 18.0 Å². The SMILES string of the molecule is O=Cc1ccc(C(F)(F)F)cc1CSc1ccccc1C1=NCCCN1. The van der Waals surface area contributed by atoms with Crippen LogP contribution in [0.4, 0.5) is 13.2 Å². The number of carbonyl (C=O) groups excluding carboxylic acids is 1. The summed E-state index contributed by atoms with van der Waals surface area (Å²) in [5.41, 5.74) is 0.825. The lowest BCUT2D eigenvalue weighted by molar-refractivity contribution is -0.137. The molecule has 0 amide bonds. The van der Waals surface area contributed by atoms with Gasteiger partial charge >= 0.3 is 6.18 Å². The van der Waals surface area contributed by atoms with Crippen LogP contribution >= 0.6 is 11.8 Å². The van der Waals surface area contributed by atoms with E-state index in [1.165, 1.54) is 17.8 Å². The molecule has 26 heavy (non-hydrogen) atoms. The van der Waals surface area contributed by atoms with Gasteiger partial charge in [-0.25, -0.2) is 0 Å². The lowest BCUT2D eigenvalue weighted by Crippen LogP contribution is -2.30. The summed E-state index contributed by atoms with van der Waals surface area (Å²) < 4.78 is 38.9. The number of nitrogens with zero attached hydrogens (tertiary/aromatic N) is 1. The largest absolute Gasteiger partial charge is 0.416 e. The number of hydrogen-bond acceptors (Lipinski definition) is 4. The van der Waals surface area contributed by atoms with Gasteiger partial charge < -0.3 is 5.32 Å². The molecule has 0 unspecified atom stereocenters. The van der Waals surface area contributed by atoms with E-state index in [1.807, 2.05) is 24.3 Å². The summed E-state index contributed by atoms with van der Waals surface area (Å²) in [5.74, 6) is 1.07. The van der Waals surface area contributed by atoms with Crippen molar-refractivity contribution >= 4 is 23.9 Å². The van der Waals surface area contributed by atoms with Crippen molar-refractivity contribution in [1.29, 1.82) is 0 Å². The molecule has 136 valence electrons. The maximum absolute atomic E-state index is 13.0. The number of hydrogen-bond donors (Lipinski definition) is 1. The van der Waals surface area contributed by atoms with Crippen LogP contribution in [0.25, 0.3) is 0 Å². The highest BCUT2D eigenvalue weighted by Gasteiger charge is 2.31. The maximum Gasteiger partial charge on any atom is 0.416 e. The quantitative estimate of drug-likeness (QED) is 0.613. The number of aliphatic imine (C=N–C) groups is 1. The third-order valence-corrected chi connectivity index (χ3v) is 5.14. The molecule has 1 aliphatic rings. The van der Waals surface area contributed by atoms with Gasteiger partial charge in [0.05, 0.1) is 5.56 Å². The number of thioether (sulfide) groups is 1. The first kappa shape index (κ1) is 18.5. The van der Waals surface area contributed by atoms with Gasteiger partial charge in [0, 0.05) is 34.9 Å². The lowest BCUT2D eigenvalue weighted by atomic mass is 10.1. The summed E-state index contributed by atoms with van der Waals surface area (Å²) in [6.45, 7) is 1.60. The second kappa shape index (κ2) is 7.95. The van der Waals surface area contributed by atoms with Gasteiger partial charge in [-0.05, 0) is 30.2 Å². The molecule has 3 nitrogen and oxygen atoms in total. The van der Waals surface area contributed by atoms with Crippen molar-refractivity contribution in [1.82, 2.24) is 5.32 Å². The first-order chi connectivity index (χ1) is 12.5. The summed E-state index contributed by atoms with van der Waals surface area (Å²) in [7, 11) is 0. The second-order valence-corrected chi connectivity index (χ2v) is 6.84. The zero-order valence-corrected chi connectivity index (χ0v) is 14.7. The Labute approximate surface area is 153 Å². The highest BCUT2D eigenvalue weighted by atomic mass is 32.2. The highest BCUT2D eigenvalue weighted by Crippen LogP contribution is 2.33. The average Bonchev–Trinajstić information content (AvgIpc) is 2.66. The van der Waals surface area contributed by atoms with E-state index in [0.717, 1.165) is 47.9 Å². The Balaban J connectivity index is 1.86. The Morgan fingerprint density at radius 3 is 2.69 bits per heavy atom. The van der Waals surface area contributed by atoms with Crippen molar-refractivity contribution in [3.63, 3.8) is 0 Å². The van der Waals surface area contributed by atoms with Crippen molar-refractivity contribution in [2.75, 3.05) is 13.1 Å². The smallest absolute Gasteiger partial charge is 0.370 e. The van der Waals surface area contributed by atoms with E-state index >= 15 is 0 Å². The predicted octanol–water partition coefficient (Wildman–Crippen LogP) is 4.55. The Morgan fingerprint density at radius 2 is 2.00 bits per heavy atom. The van der Waals surface area contributed by atoms with Gasteiger partial charge in [0.1, 0.15) is 12.1 Å². The van der Waals surface area contributed by atoms with Gasteiger partial charge in [0.2, 0.25) is 0 Å². The van der Waals surface area contributed by atoms with Crippen LogP contribution in [0.5, 0.6) is 0 Å². The molecule has 0 aliphatic carbocycles. The van der Waals surface area contributed by atoms with Crippen molar-refractivity contribution in [3.8, 4) is 0 Å². The molecule has 0 bridgehead atoms. The van der Waals surface area contributed by atoms with Crippen LogP contribution in [0, 0.1) is 0 Å². The number of alkyl halides is 3. The Kier molecular flexibility index (Phi) is 5.66. The van der Waals surface area contributed by atoms with Gasteiger partial charge in [-0.15, -0.1) is 11.8 Å². The van der Waals surface area contributed by atoms with Gasteiger partial charge in [-0.2, -0.15) is 13.2 Å². The third-order valence-electron chi connectivity index (χ3n) is 4.02. The van der Waals surface area contributed by atoms with Gasteiger partial charge in [0.25, 0.3) is 0 Å². The van der Waals surface area contributed by atoms with Gasteiger partial charge in [-0.3, -0.25) is 9.79 Å². The molecular weight excluding hydrogens is 361 g/mol. The van der Waals surface area contributed by atoms with E-state index in [1.54, 1.807) is 0 Å². The van der Waals surface area contributed by atoms with Crippen LogP contribution in [0.2, 0.25) is 0 Å². The van der Waals surface area contributed by atoms with Crippen molar-refractivity contribution in [2.24, 2.45) is 4.99 Å². The van der Waals surface area contributed by atoms with Gasteiger partial charge in [0.15, 0.2) is 0 Å². The zero-order chi connectivity index (χ0) is 18.6. The summed E-state index contributed by atoms with van der Waals surface area (Å²) in [4.78, 5) is 16.6. The van der Waals surface area contributed by atoms with Crippen LogP contribution in [-0.2, 0) is 11.9 Å². The van der Waals surface area contributed by atoms with Crippen LogP contribution in [-0.4, -0.2) is 25.2 Å². The lowest BCUT2D eigenvalue weighted by Gasteiger charge is -2.17. The zero-order valence-electron chi connectivity index (χ0n) is 13.8. The molecule has 0 spiro atoms. The molecule has 1 N–H and O–H groups in total. The summed E-state index contributed by atoms with van der Waals surface area (Å²) in [6, 6.07) is 10.8. The maximum atomic E-state index is 13.0. The number of amidine groups is 1. The number of halogens is 3. The predicted molar refractivity (Wildman–Crippen MR) is 96.9 cm³/mol. The molecule has 1 aliphatic heterocycles. The summed E-state index contributed by atoms with van der Waals surface area (Å²) in [6.07, 6.45) is -2.86. The monoisotopic (exact) mass is 378 g/mol. The number of aldehydes is 1. The molecular formula is C19H17F3N2OS. The van der Waals surface area contributed by atoms with Crippen LogP contribution < -0.4 is 5.32 Å². The fourth-order valence-corrected chi connectivity index (χ4v) is 3.73. The molecule has 3 rings (SSSR count). The van der Waals surface area contributed by atoms with E-state index in [4.69, 9.17) is 0 Å². The number of nitrogens with one attached hydrogen (secondary N) is 1. The van der Waals surface area contributed by atoms with E-state index in [2.05, 4.69) is 10.3 Å². The molecule has 0 atom stereocenters. The first-order valence-corrected chi connectivity index (χ1v) is 9.13. The topological polar surface area (TPSA) is 41.5 Å².